The number of methoxy groups -OCH3 is 1. The van der Waals surface area contributed by atoms with Crippen LogP contribution < -0.4 is 10.1 Å². The van der Waals surface area contributed by atoms with Crippen molar-refractivity contribution in [3.63, 3.8) is 0 Å². The van der Waals surface area contributed by atoms with Crippen molar-refractivity contribution in [3.05, 3.63) is 24.0 Å². The number of benzene rings is 1. The van der Waals surface area contributed by atoms with E-state index in [1.807, 2.05) is 6.92 Å². The number of rotatable bonds is 5. The monoisotopic (exact) mass is 213 g/mol. The summed E-state index contributed by atoms with van der Waals surface area (Å²) in [6.07, 6.45) is 0. The van der Waals surface area contributed by atoms with Gasteiger partial charge >= 0.3 is 0 Å². The zero-order valence-electron chi connectivity index (χ0n) is 8.96. The van der Waals surface area contributed by atoms with Crippen LogP contribution in [0.3, 0.4) is 0 Å². The quantitative estimate of drug-likeness (QED) is 0.784. The maximum atomic E-state index is 12.9. The van der Waals surface area contributed by atoms with Crippen molar-refractivity contribution >= 4 is 5.69 Å². The van der Waals surface area contributed by atoms with Crippen molar-refractivity contribution in [2.45, 2.75) is 6.92 Å². The molecule has 3 nitrogen and oxygen atoms in total. The minimum atomic E-state index is -0.326. The molecule has 1 aromatic carbocycles. The standard InChI is InChI=1S/C11H16FNO2/c1-8(7-14)6-13-10-4-3-9(12)5-11(10)15-2/h3-5,8,13-14H,6-7H2,1-2H3. The third-order valence-corrected chi connectivity index (χ3v) is 2.12. The number of aliphatic hydroxyl groups excluding tert-OH is 1. The SMILES string of the molecule is COc1cc(F)ccc1NCC(C)CO. The molecule has 0 aliphatic rings. The van der Waals surface area contributed by atoms with E-state index in [0.717, 1.165) is 5.69 Å². The molecule has 1 atom stereocenters. The Labute approximate surface area is 88.9 Å². The van der Waals surface area contributed by atoms with E-state index in [-0.39, 0.29) is 18.3 Å². The van der Waals surface area contributed by atoms with Crippen LogP contribution in [0.25, 0.3) is 0 Å². The molecule has 0 saturated heterocycles. The highest BCUT2D eigenvalue weighted by atomic mass is 19.1. The van der Waals surface area contributed by atoms with Crippen LogP contribution in [0.2, 0.25) is 0 Å². The molecule has 0 fully saturated rings. The predicted molar refractivity (Wildman–Crippen MR) is 57.7 cm³/mol. The lowest BCUT2D eigenvalue weighted by Gasteiger charge is -2.13. The summed E-state index contributed by atoms with van der Waals surface area (Å²) in [5.74, 6) is 0.299. The first-order valence-corrected chi connectivity index (χ1v) is 4.85. The molecule has 1 aromatic rings. The molecule has 0 heterocycles. The van der Waals surface area contributed by atoms with Gasteiger partial charge in [-0.1, -0.05) is 6.92 Å². The number of hydrogen-bond donors (Lipinski definition) is 2. The molecule has 0 aliphatic carbocycles. The van der Waals surface area contributed by atoms with Crippen molar-refractivity contribution in [3.8, 4) is 5.75 Å². The lowest BCUT2D eigenvalue weighted by molar-refractivity contribution is 0.244. The fourth-order valence-electron chi connectivity index (χ4n) is 1.16. The zero-order chi connectivity index (χ0) is 11.3. The Kier molecular flexibility index (Phi) is 4.37. The Morgan fingerprint density at radius 2 is 2.27 bits per heavy atom. The number of hydrogen-bond acceptors (Lipinski definition) is 3. The molecule has 0 spiro atoms. The zero-order valence-corrected chi connectivity index (χ0v) is 8.96. The molecule has 4 heteroatoms. The summed E-state index contributed by atoms with van der Waals surface area (Å²) in [6, 6.07) is 4.32. The Morgan fingerprint density at radius 3 is 2.87 bits per heavy atom. The molecule has 0 bridgehead atoms. The van der Waals surface area contributed by atoms with E-state index in [0.29, 0.717) is 12.3 Å². The van der Waals surface area contributed by atoms with Gasteiger partial charge in [0, 0.05) is 19.2 Å². The highest BCUT2D eigenvalue weighted by Crippen LogP contribution is 2.24. The van der Waals surface area contributed by atoms with E-state index < -0.39 is 0 Å². The maximum Gasteiger partial charge on any atom is 0.144 e. The van der Waals surface area contributed by atoms with E-state index in [2.05, 4.69) is 5.32 Å². The number of ether oxygens (including phenoxy) is 1. The first kappa shape index (κ1) is 11.8. The van der Waals surface area contributed by atoms with E-state index in [4.69, 9.17) is 9.84 Å². The Balaban J connectivity index is 2.67. The normalized spacial score (nSPS) is 12.3. The largest absolute Gasteiger partial charge is 0.494 e. The fourth-order valence-corrected chi connectivity index (χ4v) is 1.16. The van der Waals surface area contributed by atoms with Crippen LogP contribution in [0.5, 0.6) is 5.75 Å². The van der Waals surface area contributed by atoms with Crippen LogP contribution in [0.1, 0.15) is 6.92 Å². The molecule has 0 radical (unpaired) electrons. The van der Waals surface area contributed by atoms with Crippen LogP contribution in [-0.4, -0.2) is 25.4 Å². The van der Waals surface area contributed by atoms with Crippen molar-refractivity contribution in [1.29, 1.82) is 0 Å². The van der Waals surface area contributed by atoms with Gasteiger partial charge in [0.2, 0.25) is 0 Å². The molecule has 1 unspecified atom stereocenters. The van der Waals surface area contributed by atoms with Gasteiger partial charge < -0.3 is 15.2 Å². The molecule has 0 aliphatic heterocycles. The second-order valence-corrected chi connectivity index (χ2v) is 3.51. The molecule has 0 aromatic heterocycles. The lowest BCUT2D eigenvalue weighted by Crippen LogP contribution is -2.14. The molecular formula is C11H16FNO2. The lowest BCUT2D eigenvalue weighted by atomic mass is 10.2. The average molecular weight is 213 g/mol. The number of aliphatic hydroxyl groups is 1. The summed E-state index contributed by atoms with van der Waals surface area (Å²) < 4.78 is 17.9. The van der Waals surface area contributed by atoms with E-state index in [1.54, 1.807) is 6.07 Å². The smallest absolute Gasteiger partial charge is 0.144 e. The summed E-state index contributed by atoms with van der Waals surface area (Å²) in [6.45, 7) is 2.66. The van der Waals surface area contributed by atoms with Crippen molar-refractivity contribution < 1.29 is 14.2 Å². The van der Waals surface area contributed by atoms with Crippen LogP contribution >= 0.6 is 0 Å². The summed E-state index contributed by atoms with van der Waals surface area (Å²) in [5, 5.41) is 11.9. The Bertz CT molecular complexity index is 317. The van der Waals surface area contributed by atoms with E-state index >= 15 is 0 Å². The molecule has 15 heavy (non-hydrogen) atoms. The van der Waals surface area contributed by atoms with E-state index in [9.17, 15) is 4.39 Å². The van der Waals surface area contributed by atoms with Crippen LogP contribution in [0.15, 0.2) is 18.2 Å². The first-order valence-electron chi connectivity index (χ1n) is 4.85. The van der Waals surface area contributed by atoms with Gasteiger partial charge in [-0.15, -0.1) is 0 Å². The van der Waals surface area contributed by atoms with Gasteiger partial charge in [-0.05, 0) is 18.1 Å². The van der Waals surface area contributed by atoms with Crippen LogP contribution in [0.4, 0.5) is 10.1 Å². The Hall–Kier alpha value is -1.29. The van der Waals surface area contributed by atoms with Gasteiger partial charge in [-0.25, -0.2) is 4.39 Å². The number of halogens is 1. The topological polar surface area (TPSA) is 41.5 Å². The molecule has 0 saturated carbocycles. The minimum absolute atomic E-state index is 0.122. The molecule has 0 amide bonds. The van der Waals surface area contributed by atoms with Crippen molar-refractivity contribution in [1.82, 2.24) is 0 Å². The minimum Gasteiger partial charge on any atom is -0.494 e. The summed E-state index contributed by atoms with van der Waals surface area (Å²) >= 11 is 0. The van der Waals surface area contributed by atoms with Gasteiger partial charge in [-0.3, -0.25) is 0 Å². The first-order chi connectivity index (χ1) is 7.17. The Morgan fingerprint density at radius 1 is 1.53 bits per heavy atom. The summed E-state index contributed by atoms with van der Waals surface area (Å²) in [5.41, 5.74) is 0.735. The van der Waals surface area contributed by atoms with Crippen LogP contribution in [0, 0.1) is 11.7 Å². The molecular weight excluding hydrogens is 197 g/mol. The highest BCUT2D eigenvalue weighted by Gasteiger charge is 2.05. The van der Waals surface area contributed by atoms with Gasteiger partial charge in [0.15, 0.2) is 0 Å². The second-order valence-electron chi connectivity index (χ2n) is 3.51. The predicted octanol–water partition coefficient (Wildman–Crippen LogP) is 1.87. The summed E-state index contributed by atoms with van der Waals surface area (Å²) in [7, 11) is 1.50. The fraction of sp³-hybridized carbons (Fsp3) is 0.455. The summed E-state index contributed by atoms with van der Waals surface area (Å²) in [4.78, 5) is 0. The third kappa shape index (κ3) is 3.40. The van der Waals surface area contributed by atoms with Gasteiger partial charge in [0.05, 0.1) is 12.8 Å². The molecule has 1 rings (SSSR count). The van der Waals surface area contributed by atoms with E-state index in [1.165, 1.54) is 19.2 Å². The number of nitrogens with one attached hydrogen (secondary N) is 1. The molecule has 84 valence electrons. The van der Waals surface area contributed by atoms with Crippen molar-refractivity contribution in [2.75, 3.05) is 25.6 Å². The van der Waals surface area contributed by atoms with Gasteiger partial charge in [0.25, 0.3) is 0 Å². The van der Waals surface area contributed by atoms with Gasteiger partial charge in [-0.2, -0.15) is 0 Å². The highest BCUT2D eigenvalue weighted by molar-refractivity contribution is 5.56. The second kappa shape index (κ2) is 5.56. The maximum absolute atomic E-state index is 12.9. The number of anilines is 1. The van der Waals surface area contributed by atoms with Gasteiger partial charge in [0.1, 0.15) is 11.6 Å². The third-order valence-electron chi connectivity index (χ3n) is 2.12. The average Bonchev–Trinajstić information content (AvgIpc) is 2.26. The van der Waals surface area contributed by atoms with Crippen molar-refractivity contribution in [2.24, 2.45) is 5.92 Å². The van der Waals surface area contributed by atoms with Crippen LogP contribution in [-0.2, 0) is 0 Å². The molecule has 2 N–H and O–H groups in total.